The number of fused-ring (bicyclic) bond motifs is 1. The Morgan fingerprint density at radius 1 is 1.23 bits per heavy atom. The highest BCUT2D eigenvalue weighted by atomic mass is 16.6. The van der Waals surface area contributed by atoms with Crippen LogP contribution in [0.25, 0.3) is 5.65 Å². The van der Waals surface area contributed by atoms with Crippen LogP contribution in [0.3, 0.4) is 0 Å². The van der Waals surface area contributed by atoms with Gasteiger partial charge in [0, 0.05) is 18.3 Å². The van der Waals surface area contributed by atoms with Crippen LogP contribution < -0.4 is 0 Å². The number of nitrogens with zero attached hydrogens (tertiary/aromatic N) is 5. The Morgan fingerprint density at radius 2 is 2.00 bits per heavy atom. The molecule has 0 amide bonds. The van der Waals surface area contributed by atoms with Crippen LogP contribution in [0, 0.1) is 0 Å². The van der Waals surface area contributed by atoms with E-state index in [9.17, 15) is 4.79 Å². The highest BCUT2D eigenvalue weighted by Crippen LogP contribution is 2.39. The standard InChI is InChI=1S/C19H23N5O2/c1-12(24-11-16(21-22-24)18(25)26-19(2,3)4)14-7-8-17-20-15(13-5-6-13)10-23(17)9-14/h7-13H,5-6H2,1-4H3. The number of rotatable bonds is 4. The van der Waals surface area contributed by atoms with Gasteiger partial charge < -0.3 is 9.14 Å². The molecule has 0 bridgehead atoms. The topological polar surface area (TPSA) is 74.3 Å². The first-order chi connectivity index (χ1) is 12.3. The van der Waals surface area contributed by atoms with Gasteiger partial charge in [0.05, 0.1) is 17.9 Å². The monoisotopic (exact) mass is 353 g/mol. The van der Waals surface area contributed by atoms with Crippen LogP contribution in [0.1, 0.15) is 74.2 Å². The number of carbonyl (C=O) groups excluding carboxylic acids is 1. The summed E-state index contributed by atoms with van der Waals surface area (Å²) in [6, 6.07) is 4.00. The first-order valence-electron chi connectivity index (χ1n) is 8.94. The maximum absolute atomic E-state index is 12.1. The first-order valence-corrected chi connectivity index (χ1v) is 8.94. The van der Waals surface area contributed by atoms with E-state index in [1.807, 2.05) is 39.8 Å². The Hall–Kier alpha value is -2.70. The third-order valence-corrected chi connectivity index (χ3v) is 4.49. The first kappa shape index (κ1) is 16.8. The molecule has 0 saturated heterocycles. The number of hydrogen-bond acceptors (Lipinski definition) is 5. The van der Waals surface area contributed by atoms with Crippen molar-refractivity contribution in [2.75, 3.05) is 0 Å². The van der Waals surface area contributed by atoms with Crippen molar-refractivity contribution < 1.29 is 9.53 Å². The number of esters is 1. The zero-order valence-corrected chi connectivity index (χ0v) is 15.5. The molecule has 136 valence electrons. The number of pyridine rings is 1. The molecule has 0 spiro atoms. The summed E-state index contributed by atoms with van der Waals surface area (Å²) >= 11 is 0. The molecule has 1 unspecified atom stereocenters. The van der Waals surface area contributed by atoms with Gasteiger partial charge in [0.25, 0.3) is 0 Å². The summed E-state index contributed by atoms with van der Waals surface area (Å²) in [6.45, 7) is 7.50. The third-order valence-electron chi connectivity index (χ3n) is 4.49. The van der Waals surface area contributed by atoms with Crippen molar-refractivity contribution in [1.82, 2.24) is 24.4 Å². The van der Waals surface area contributed by atoms with Crippen LogP contribution in [0.4, 0.5) is 0 Å². The van der Waals surface area contributed by atoms with Gasteiger partial charge >= 0.3 is 5.97 Å². The lowest BCUT2D eigenvalue weighted by Gasteiger charge is -2.18. The van der Waals surface area contributed by atoms with Crippen LogP contribution in [-0.2, 0) is 4.74 Å². The maximum Gasteiger partial charge on any atom is 0.361 e. The van der Waals surface area contributed by atoms with Crippen molar-refractivity contribution in [2.45, 2.75) is 58.1 Å². The fourth-order valence-corrected chi connectivity index (χ4v) is 2.89. The molecule has 3 aromatic heterocycles. The van der Waals surface area contributed by atoms with E-state index in [1.54, 1.807) is 10.9 Å². The number of ether oxygens (including phenoxy) is 1. The minimum absolute atomic E-state index is 0.0603. The van der Waals surface area contributed by atoms with Crippen LogP contribution in [0.5, 0.6) is 0 Å². The van der Waals surface area contributed by atoms with E-state index in [0.717, 1.165) is 11.2 Å². The second-order valence-electron chi connectivity index (χ2n) is 7.93. The number of aromatic nitrogens is 5. The van der Waals surface area contributed by atoms with Crippen molar-refractivity contribution in [3.63, 3.8) is 0 Å². The summed E-state index contributed by atoms with van der Waals surface area (Å²) in [5.41, 5.74) is 2.85. The predicted octanol–water partition coefficient (Wildman–Crippen LogP) is 3.37. The van der Waals surface area contributed by atoms with E-state index in [4.69, 9.17) is 4.74 Å². The Balaban J connectivity index is 1.56. The molecule has 3 aromatic rings. The highest BCUT2D eigenvalue weighted by molar-refractivity contribution is 5.87. The molecule has 1 fully saturated rings. The van der Waals surface area contributed by atoms with Gasteiger partial charge in [-0.3, -0.25) is 0 Å². The van der Waals surface area contributed by atoms with Crippen LogP contribution >= 0.6 is 0 Å². The minimum Gasteiger partial charge on any atom is -0.455 e. The van der Waals surface area contributed by atoms with Gasteiger partial charge in [0.15, 0.2) is 5.69 Å². The van der Waals surface area contributed by atoms with Gasteiger partial charge in [0.2, 0.25) is 0 Å². The lowest BCUT2D eigenvalue weighted by Crippen LogP contribution is -2.24. The highest BCUT2D eigenvalue weighted by Gasteiger charge is 2.26. The van der Waals surface area contributed by atoms with Crippen molar-refractivity contribution in [1.29, 1.82) is 0 Å². The zero-order chi connectivity index (χ0) is 18.5. The van der Waals surface area contributed by atoms with Gasteiger partial charge in [0.1, 0.15) is 11.2 Å². The SMILES string of the molecule is CC(c1ccc2nc(C3CC3)cn2c1)n1cc(C(=O)OC(C)(C)C)nn1. The van der Waals surface area contributed by atoms with Gasteiger partial charge in [-0.25, -0.2) is 14.5 Å². The summed E-state index contributed by atoms with van der Waals surface area (Å²) in [5, 5.41) is 8.07. The quantitative estimate of drug-likeness (QED) is 0.672. The average molecular weight is 353 g/mol. The molecule has 0 radical (unpaired) electrons. The van der Waals surface area contributed by atoms with Gasteiger partial charge in [-0.15, -0.1) is 5.10 Å². The maximum atomic E-state index is 12.1. The molecule has 3 heterocycles. The van der Waals surface area contributed by atoms with Crippen LogP contribution in [-0.4, -0.2) is 35.9 Å². The smallest absolute Gasteiger partial charge is 0.361 e. The van der Waals surface area contributed by atoms with Gasteiger partial charge in [-0.2, -0.15) is 0 Å². The predicted molar refractivity (Wildman–Crippen MR) is 96.2 cm³/mol. The molecule has 7 heteroatoms. The second kappa shape index (κ2) is 5.93. The Bertz CT molecular complexity index is 962. The molecule has 1 aliphatic carbocycles. The molecular weight excluding hydrogens is 330 g/mol. The van der Waals surface area contributed by atoms with E-state index in [-0.39, 0.29) is 11.7 Å². The number of hydrogen-bond donors (Lipinski definition) is 0. The molecular formula is C19H23N5O2. The molecule has 1 atom stereocenters. The zero-order valence-electron chi connectivity index (χ0n) is 15.5. The summed E-state index contributed by atoms with van der Waals surface area (Å²) in [4.78, 5) is 16.8. The van der Waals surface area contributed by atoms with Crippen molar-refractivity contribution >= 4 is 11.6 Å². The molecule has 0 aromatic carbocycles. The summed E-state index contributed by atoms with van der Waals surface area (Å²) < 4.78 is 9.08. The second-order valence-corrected chi connectivity index (χ2v) is 7.93. The lowest BCUT2D eigenvalue weighted by molar-refractivity contribution is 0.00627. The van der Waals surface area contributed by atoms with Crippen LogP contribution in [0.15, 0.2) is 30.7 Å². The third kappa shape index (κ3) is 3.34. The molecule has 1 aliphatic rings. The fourth-order valence-electron chi connectivity index (χ4n) is 2.89. The summed E-state index contributed by atoms with van der Waals surface area (Å²) in [7, 11) is 0. The van der Waals surface area contributed by atoms with Crippen molar-refractivity contribution in [3.05, 3.63) is 47.7 Å². The van der Waals surface area contributed by atoms with Gasteiger partial charge in [-0.05, 0) is 52.2 Å². The molecule has 26 heavy (non-hydrogen) atoms. The molecule has 0 aliphatic heterocycles. The van der Waals surface area contributed by atoms with E-state index < -0.39 is 11.6 Å². The molecule has 0 N–H and O–H groups in total. The largest absolute Gasteiger partial charge is 0.455 e. The Labute approximate surface area is 152 Å². The fraction of sp³-hybridized carbons (Fsp3) is 0.474. The Kier molecular flexibility index (Phi) is 3.82. The lowest BCUT2D eigenvalue weighted by atomic mass is 10.1. The van der Waals surface area contributed by atoms with E-state index in [1.165, 1.54) is 18.5 Å². The normalized spacial score (nSPS) is 16.0. The molecule has 1 saturated carbocycles. The van der Waals surface area contributed by atoms with E-state index in [2.05, 4.69) is 32.1 Å². The number of carbonyl (C=O) groups is 1. The van der Waals surface area contributed by atoms with Gasteiger partial charge in [-0.1, -0.05) is 11.3 Å². The van der Waals surface area contributed by atoms with E-state index >= 15 is 0 Å². The van der Waals surface area contributed by atoms with Crippen molar-refractivity contribution in [3.8, 4) is 0 Å². The van der Waals surface area contributed by atoms with E-state index in [0.29, 0.717) is 5.92 Å². The molecule has 4 rings (SSSR count). The summed E-state index contributed by atoms with van der Waals surface area (Å²) in [6.07, 6.45) is 8.27. The average Bonchev–Trinajstić information content (AvgIpc) is 3.15. The Morgan fingerprint density at radius 3 is 2.69 bits per heavy atom. The van der Waals surface area contributed by atoms with Crippen LogP contribution in [0.2, 0.25) is 0 Å². The van der Waals surface area contributed by atoms with Crippen molar-refractivity contribution in [2.24, 2.45) is 0 Å². The number of imidazole rings is 1. The molecule has 7 nitrogen and oxygen atoms in total. The minimum atomic E-state index is -0.557. The summed E-state index contributed by atoms with van der Waals surface area (Å²) in [5.74, 6) is 0.164.